The topological polar surface area (TPSA) is 21.3 Å². The second-order valence-corrected chi connectivity index (χ2v) is 4.50. The maximum atomic E-state index is 5.13. The molecule has 0 bridgehead atoms. The molecule has 0 aliphatic heterocycles. The van der Waals surface area contributed by atoms with Gasteiger partial charge in [-0.2, -0.15) is 0 Å². The number of ether oxygens (including phenoxy) is 1. The van der Waals surface area contributed by atoms with E-state index in [0.29, 0.717) is 5.92 Å². The van der Waals surface area contributed by atoms with E-state index >= 15 is 0 Å². The highest BCUT2D eigenvalue weighted by molar-refractivity contribution is 9.10. The molecule has 0 aromatic heterocycles. The molecule has 0 spiro atoms. The van der Waals surface area contributed by atoms with Gasteiger partial charge in [0.2, 0.25) is 0 Å². The van der Waals surface area contributed by atoms with Crippen LogP contribution in [0.15, 0.2) is 28.7 Å². The van der Waals surface area contributed by atoms with Gasteiger partial charge >= 0.3 is 0 Å². The van der Waals surface area contributed by atoms with Gasteiger partial charge in [0.1, 0.15) is 0 Å². The normalized spacial score (nSPS) is 12.7. The molecule has 2 nitrogen and oxygen atoms in total. The molecule has 1 aromatic carbocycles. The van der Waals surface area contributed by atoms with Gasteiger partial charge in [-0.1, -0.05) is 28.1 Å². The summed E-state index contributed by atoms with van der Waals surface area (Å²) in [6.07, 6.45) is 1.05. The molecule has 1 unspecified atom stereocenters. The number of likely N-dealkylation sites (N-methyl/N-ethyl adjacent to an activating group) is 1. The molecule has 0 radical (unpaired) electrons. The summed E-state index contributed by atoms with van der Waals surface area (Å²) in [6, 6.07) is 8.51. The van der Waals surface area contributed by atoms with E-state index in [1.54, 1.807) is 7.11 Å². The predicted molar refractivity (Wildman–Crippen MR) is 67.3 cm³/mol. The minimum absolute atomic E-state index is 0.531. The Hall–Kier alpha value is -0.380. The molecule has 0 fully saturated rings. The van der Waals surface area contributed by atoms with E-state index in [4.69, 9.17) is 4.74 Å². The lowest BCUT2D eigenvalue weighted by molar-refractivity contribution is 0.187. The Morgan fingerprint density at radius 1 is 1.33 bits per heavy atom. The van der Waals surface area contributed by atoms with Crippen molar-refractivity contribution in [1.29, 1.82) is 0 Å². The van der Waals surface area contributed by atoms with Crippen LogP contribution in [0.1, 0.15) is 17.9 Å². The van der Waals surface area contributed by atoms with E-state index in [9.17, 15) is 0 Å². The van der Waals surface area contributed by atoms with E-state index in [2.05, 4.69) is 45.5 Å². The number of hydrogen-bond acceptors (Lipinski definition) is 2. The highest BCUT2D eigenvalue weighted by Gasteiger charge is 2.09. The van der Waals surface area contributed by atoms with Crippen molar-refractivity contribution in [3.05, 3.63) is 34.3 Å². The Kier molecular flexibility index (Phi) is 5.91. The van der Waals surface area contributed by atoms with Crippen LogP contribution in [0.2, 0.25) is 0 Å². The standard InChI is InChI=1S/C12H18BrNO/c1-14-9-11(7-8-15-2)10-3-5-12(13)6-4-10/h3-6,11,14H,7-9H2,1-2H3. The fraction of sp³-hybridized carbons (Fsp3) is 0.500. The lowest BCUT2D eigenvalue weighted by Crippen LogP contribution is -2.18. The van der Waals surface area contributed by atoms with Crippen LogP contribution in [0.5, 0.6) is 0 Å². The number of benzene rings is 1. The molecule has 15 heavy (non-hydrogen) atoms. The van der Waals surface area contributed by atoms with Crippen LogP contribution in [0.4, 0.5) is 0 Å². The highest BCUT2D eigenvalue weighted by atomic mass is 79.9. The van der Waals surface area contributed by atoms with E-state index in [-0.39, 0.29) is 0 Å². The minimum Gasteiger partial charge on any atom is -0.385 e. The van der Waals surface area contributed by atoms with Gasteiger partial charge in [0.25, 0.3) is 0 Å². The zero-order valence-electron chi connectivity index (χ0n) is 9.29. The molecule has 0 saturated heterocycles. The fourth-order valence-corrected chi connectivity index (χ4v) is 1.89. The van der Waals surface area contributed by atoms with Gasteiger partial charge in [0, 0.05) is 24.7 Å². The van der Waals surface area contributed by atoms with Crippen molar-refractivity contribution in [2.45, 2.75) is 12.3 Å². The number of nitrogens with one attached hydrogen (secondary N) is 1. The molecule has 0 heterocycles. The summed E-state index contributed by atoms with van der Waals surface area (Å²) in [4.78, 5) is 0. The monoisotopic (exact) mass is 271 g/mol. The van der Waals surface area contributed by atoms with Gasteiger partial charge in [-0.15, -0.1) is 0 Å². The zero-order chi connectivity index (χ0) is 11.1. The molecule has 84 valence electrons. The van der Waals surface area contributed by atoms with Crippen molar-refractivity contribution in [3.63, 3.8) is 0 Å². The van der Waals surface area contributed by atoms with Crippen molar-refractivity contribution in [3.8, 4) is 0 Å². The van der Waals surface area contributed by atoms with E-state index in [1.807, 2.05) is 7.05 Å². The number of hydrogen-bond donors (Lipinski definition) is 1. The van der Waals surface area contributed by atoms with E-state index in [0.717, 1.165) is 24.0 Å². The molecule has 1 atom stereocenters. The molecule has 1 aromatic rings. The molecule has 3 heteroatoms. The van der Waals surface area contributed by atoms with Gasteiger partial charge < -0.3 is 10.1 Å². The molecule has 0 amide bonds. The number of methoxy groups -OCH3 is 1. The average Bonchev–Trinajstić information content (AvgIpc) is 2.25. The van der Waals surface area contributed by atoms with E-state index in [1.165, 1.54) is 5.56 Å². The second kappa shape index (κ2) is 6.99. The first kappa shape index (κ1) is 12.7. The summed E-state index contributed by atoms with van der Waals surface area (Å²) in [7, 11) is 3.73. The first-order chi connectivity index (χ1) is 7.27. The molecular formula is C12H18BrNO. The summed E-state index contributed by atoms with van der Waals surface area (Å²) in [5, 5.41) is 3.22. The van der Waals surface area contributed by atoms with Gasteiger partial charge in [-0.05, 0) is 37.1 Å². The largest absolute Gasteiger partial charge is 0.385 e. The molecule has 0 aliphatic carbocycles. The first-order valence-corrected chi connectivity index (χ1v) is 5.96. The first-order valence-electron chi connectivity index (χ1n) is 5.17. The Labute approximate surface area is 100 Å². The Morgan fingerprint density at radius 2 is 2.00 bits per heavy atom. The van der Waals surface area contributed by atoms with Crippen LogP contribution >= 0.6 is 15.9 Å². The Morgan fingerprint density at radius 3 is 2.53 bits per heavy atom. The maximum absolute atomic E-state index is 5.13. The molecular weight excluding hydrogens is 254 g/mol. The lowest BCUT2D eigenvalue weighted by Gasteiger charge is -2.16. The molecule has 1 N–H and O–H groups in total. The van der Waals surface area contributed by atoms with Gasteiger partial charge in [-0.3, -0.25) is 0 Å². The van der Waals surface area contributed by atoms with Crippen LogP contribution in [-0.2, 0) is 4.74 Å². The summed E-state index contributed by atoms with van der Waals surface area (Å²) < 4.78 is 6.25. The Bertz CT molecular complexity index is 273. The van der Waals surface area contributed by atoms with Crippen molar-refractivity contribution in [2.24, 2.45) is 0 Å². The third kappa shape index (κ3) is 4.33. The SMILES string of the molecule is CNCC(CCOC)c1ccc(Br)cc1. The second-order valence-electron chi connectivity index (χ2n) is 3.59. The Balaban J connectivity index is 2.65. The fourth-order valence-electron chi connectivity index (χ4n) is 1.63. The van der Waals surface area contributed by atoms with Gasteiger partial charge in [0.15, 0.2) is 0 Å². The third-order valence-electron chi connectivity index (χ3n) is 2.46. The third-order valence-corrected chi connectivity index (χ3v) is 2.99. The maximum Gasteiger partial charge on any atom is 0.0468 e. The van der Waals surface area contributed by atoms with Crippen LogP contribution in [0.3, 0.4) is 0 Å². The summed E-state index contributed by atoms with van der Waals surface area (Å²) in [6.45, 7) is 1.80. The average molecular weight is 272 g/mol. The van der Waals surface area contributed by atoms with Crippen LogP contribution in [0.25, 0.3) is 0 Å². The van der Waals surface area contributed by atoms with Crippen molar-refractivity contribution >= 4 is 15.9 Å². The van der Waals surface area contributed by atoms with Crippen LogP contribution in [-0.4, -0.2) is 27.3 Å². The molecule has 0 saturated carbocycles. The van der Waals surface area contributed by atoms with Crippen molar-refractivity contribution in [2.75, 3.05) is 27.3 Å². The van der Waals surface area contributed by atoms with Crippen LogP contribution in [0, 0.1) is 0 Å². The molecule has 0 aliphatic rings. The number of halogens is 1. The van der Waals surface area contributed by atoms with Gasteiger partial charge in [0.05, 0.1) is 0 Å². The van der Waals surface area contributed by atoms with Crippen molar-refractivity contribution in [1.82, 2.24) is 5.32 Å². The highest BCUT2D eigenvalue weighted by Crippen LogP contribution is 2.21. The van der Waals surface area contributed by atoms with E-state index < -0.39 is 0 Å². The summed E-state index contributed by atoms with van der Waals surface area (Å²) >= 11 is 3.45. The minimum atomic E-state index is 0.531. The zero-order valence-corrected chi connectivity index (χ0v) is 10.9. The quantitative estimate of drug-likeness (QED) is 0.859. The van der Waals surface area contributed by atoms with Gasteiger partial charge in [-0.25, -0.2) is 0 Å². The summed E-state index contributed by atoms with van der Waals surface area (Å²) in [5.74, 6) is 0.531. The predicted octanol–water partition coefficient (Wildman–Crippen LogP) is 2.79. The smallest absolute Gasteiger partial charge is 0.0468 e. The lowest BCUT2D eigenvalue weighted by atomic mass is 9.96. The molecule has 1 rings (SSSR count). The summed E-state index contributed by atoms with van der Waals surface area (Å²) in [5.41, 5.74) is 1.37. The number of rotatable bonds is 6. The van der Waals surface area contributed by atoms with Crippen molar-refractivity contribution < 1.29 is 4.74 Å². The van der Waals surface area contributed by atoms with Crippen LogP contribution < -0.4 is 5.32 Å².